The lowest BCUT2D eigenvalue weighted by Gasteiger charge is -2.08. The summed E-state index contributed by atoms with van der Waals surface area (Å²) in [7, 11) is 0. The molecule has 0 unspecified atom stereocenters. The van der Waals surface area contributed by atoms with E-state index in [2.05, 4.69) is 15.0 Å². The van der Waals surface area contributed by atoms with Crippen LogP contribution in [-0.4, -0.2) is 15.0 Å². The second-order valence-corrected chi connectivity index (χ2v) is 5.32. The first-order chi connectivity index (χ1) is 7.47. The Kier molecular flexibility index (Phi) is 3.06. The molecule has 0 atom stereocenters. The number of nitrogens with zero attached hydrogens (tertiary/aromatic N) is 3. The molecule has 7 heteroatoms. The highest BCUT2D eigenvalue weighted by atomic mass is 35.6. The van der Waals surface area contributed by atoms with Crippen molar-refractivity contribution in [2.24, 2.45) is 0 Å². The van der Waals surface area contributed by atoms with E-state index in [9.17, 15) is 0 Å². The minimum atomic E-state index is -1.67. The van der Waals surface area contributed by atoms with Crippen LogP contribution in [0.2, 0.25) is 0 Å². The third-order valence-corrected chi connectivity index (χ3v) is 2.29. The van der Waals surface area contributed by atoms with Crippen molar-refractivity contribution in [1.29, 1.82) is 0 Å². The molecular formula is C9H6Cl3N3O. The summed E-state index contributed by atoms with van der Waals surface area (Å²) in [6, 6.07) is 3.54. The third-order valence-electron chi connectivity index (χ3n) is 1.79. The minimum Gasteiger partial charge on any atom is -0.458 e. The molecule has 0 radical (unpaired) electrons. The molecular weight excluding hydrogens is 272 g/mol. The van der Waals surface area contributed by atoms with Gasteiger partial charge in [0.05, 0.1) is 0 Å². The number of rotatable bonds is 1. The van der Waals surface area contributed by atoms with Gasteiger partial charge < -0.3 is 4.42 Å². The summed E-state index contributed by atoms with van der Waals surface area (Å²) in [5.74, 6) is 1.67. The maximum Gasteiger partial charge on any atom is 0.250 e. The molecule has 2 heterocycles. The van der Waals surface area contributed by atoms with E-state index in [-0.39, 0.29) is 5.82 Å². The van der Waals surface area contributed by atoms with E-state index in [0.29, 0.717) is 11.6 Å². The van der Waals surface area contributed by atoms with Gasteiger partial charge in [0, 0.05) is 0 Å². The molecule has 0 amide bonds. The molecule has 4 nitrogen and oxygen atoms in total. The van der Waals surface area contributed by atoms with Gasteiger partial charge in [0.2, 0.25) is 3.79 Å². The molecule has 0 N–H and O–H groups in total. The molecule has 0 saturated carbocycles. The highest BCUT2D eigenvalue weighted by Gasteiger charge is 2.27. The fourth-order valence-electron chi connectivity index (χ4n) is 1.11. The number of hydrogen-bond donors (Lipinski definition) is 0. The molecule has 0 spiro atoms. The monoisotopic (exact) mass is 277 g/mol. The fraction of sp³-hybridized carbons (Fsp3) is 0.222. The van der Waals surface area contributed by atoms with Crippen LogP contribution in [0, 0.1) is 6.92 Å². The lowest BCUT2D eigenvalue weighted by atomic mass is 10.4. The van der Waals surface area contributed by atoms with Crippen molar-refractivity contribution in [3.8, 4) is 11.6 Å². The Balaban J connectivity index is 2.44. The van der Waals surface area contributed by atoms with Gasteiger partial charge in [-0.15, -0.1) is 0 Å². The second-order valence-electron chi connectivity index (χ2n) is 3.04. The molecule has 84 valence electrons. The predicted molar refractivity (Wildman–Crippen MR) is 61.5 cm³/mol. The number of furan rings is 1. The van der Waals surface area contributed by atoms with Gasteiger partial charge in [-0.05, 0) is 19.1 Å². The van der Waals surface area contributed by atoms with Crippen LogP contribution in [0.25, 0.3) is 11.6 Å². The van der Waals surface area contributed by atoms with Gasteiger partial charge in [0.15, 0.2) is 17.4 Å². The number of aryl methyl sites for hydroxylation is 1. The van der Waals surface area contributed by atoms with E-state index in [0.717, 1.165) is 5.76 Å². The Labute approximate surface area is 107 Å². The molecule has 2 aromatic heterocycles. The lowest BCUT2D eigenvalue weighted by molar-refractivity contribution is 0.543. The van der Waals surface area contributed by atoms with Gasteiger partial charge in [-0.2, -0.15) is 0 Å². The maximum atomic E-state index is 5.67. The van der Waals surface area contributed by atoms with E-state index in [4.69, 9.17) is 39.2 Å². The minimum absolute atomic E-state index is 0.0663. The molecule has 0 aliphatic rings. The number of alkyl halides is 3. The smallest absolute Gasteiger partial charge is 0.250 e. The molecule has 0 aliphatic heterocycles. The quantitative estimate of drug-likeness (QED) is 0.751. The molecule has 2 aromatic rings. The van der Waals surface area contributed by atoms with Crippen molar-refractivity contribution >= 4 is 34.8 Å². The molecule has 0 aliphatic carbocycles. The molecule has 0 saturated heterocycles. The zero-order chi connectivity index (χ0) is 11.8. The summed E-state index contributed by atoms with van der Waals surface area (Å²) >= 11 is 17.0. The van der Waals surface area contributed by atoms with E-state index >= 15 is 0 Å². The van der Waals surface area contributed by atoms with Crippen molar-refractivity contribution in [3.05, 3.63) is 30.0 Å². The van der Waals surface area contributed by atoms with E-state index < -0.39 is 3.79 Å². The average molecular weight is 279 g/mol. The highest BCUT2D eigenvalue weighted by molar-refractivity contribution is 6.66. The summed E-state index contributed by atoms with van der Waals surface area (Å²) in [4.78, 5) is 11.7. The molecule has 0 bridgehead atoms. The van der Waals surface area contributed by atoms with Crippen LogP contribution in [0.4, 0.5) is 0 Å². The Hall–Kier alpha value is -0.840. The Bertz CT molecular complexity index is 507. The van der Waals surface area contributed by atoms with Gasteiger partial charge in [-0.3, -0.25) is 0 Å². The highest BCUT2D eigenvalue weighted by Crippen LogP contribution is 2.36. The normalized spacial score (nSPS) is 11.8. The van der Waals surface area contributed by atoms with Crippen molar-refractivity contribution in [1.82, 2.24) is 15.0 Å². The summed E-state index contributed by atoms with van der Waals surface area (Å²) in [6.45, 7) is 1.82. The summed E-state index contributed by atoms with van der Waals surface area (Å²) in [5.41, 5.74) is 0. The lowest BCUT2D eigenvalue weighted by Crippen LogP contribution is -2.08. The molecule has 0 aromatic carbocycles. The second kappa shape index (κ2) is 4.20. The van der Waals surface area contributed by atoms with Crippen LogP contribution >= 0.6 is 34.8 Å². The fourth-order valence-corrected chi connectivity index (χ4v) is 1.38. The van der Waals surface area contributed by atoms with E-state index in [1.54, 1.807) is 12.1 Å². The van der Waals surface area contributed by atoms with E-state index in [1.807, 2.05) is 6.92 Å². The van der Waals surface area contributed by atoms with E-state index in [1.165, 1.54) is 6.33 Å². The van der Waals surface area contributed by atoms with Crippen molar-refractivity contribution in [2.75, 3.05) is 0 Å². The van der Waals surface area contributed by atoms with Crippen molar-refractivity contribution in [2.45, 2.75) is 10.7 Å². The van der Waals surface area contributed by atoms with Crippen molar-refractivity contribution in [3.63, 3.8) is 0 Å². The number of halogens is 3. The largest absolute Gasteiger partial charge is 0.458 e. The van der Waals surface area contributed by atoms with Crippen LogP contribution in [0.1, 0.15) is 11.6 Å². The summed E-state index contributed by atoms with van der Waals surface area (Å²) < 4.78 is 3.69. The van der Waals surface area contributed by atoms with Crippen LogP contribution in [0.15, 0.2) is 22.9 Å². The Morgan fingerprint density at radius 1 is 1.19 bits per heavy atom. The SMILES string of the molecule is Cc1ccc(-c2ncnc(C(Cl)(Cl)Cl)n2)o1. The first-order valence-corrected chi connectivity index (χ1v) is 5.43. The maximum absolute atomic E-state index is 5.67. The van der Waals surface area contributed by atoms with Crippen LogP contribution in [0.5, 0.6) is 0 Å². The van der Waals surface area contributed by atoms with Gasteiger partial charge in [0.25, 0.3) is 0 Å². The van der Waals surface area contributed by atoms with Crippen LogP contribution in [-0.2, 0) is 3.79 Å². The van der Waals surface area contributed by atoms with Gasteiger partial charge in [-0.25, -0.2) is 15.0 Å². The third kappa shape index (κ3) is 2.45. The van der Waals surface area contributed by atoms with Gasteiger partial charge >= 0.3 is 0 Å². The number of hydrogen-bond acceptors (Lipinski definition) is 4. The van der Waals surface area contributed by atoms with Crippen LogP contribution in [0.3, 0.4) is 0 Å². The van der Waals surface area contributed by atoms with Gasteiger partial charge in [0.1, 0.15) is 12.1 Å². The molecule has 2 rings (SSSR count). The zero-order valence-electron chi connectivity index (χ0n) is 8.12. The van der Waals surface area contributed by atoms with Gasteiger partial charge in [-0.1, -0.05) is 34.8 Å². The summed E-state index contributed by atoms with van der Waals surface area (Å²) in [6.07, 6.45) is 1.28. The number of aromatic nitrogens is 3. The molecule has 16 heavy (non-hydrogen) atoms. The standard InChI is InChI=1S/C9H6Cl3N3O/c1-5-2-3-6(16-5)7-13-4-14-8(15-7)9(10,11)12/h2-4H,1H3. The van der Waals surface area contributed by atoms with Crippen molar-refractivity contribution < 1.29 is 4.42 Å². The Morgan fingerprint density at radius 2 is 1.94 bits per heavy atom. The zero-order valence-corrected chi connectivity index (χ0v) is 10.4. The predicted octanol–water partition coefficient (Wildman–Crippen LogP) is 3.27. The Morgan fingerprint density at radius 3 is 2.50 bits per heavy atom. The topological polar surface area (TPSA) is 51.8 Å². The molecule has 0 fully saturated rings. The summed E-state index contributed by atoms with van der Waals surface area (Å²) in [5, 5.41) is 0. The first kappa shape index (κ1) is 11.6. The average Bonchev–Trinajstić information content (AvgIpc) is 2.64. The first-order valence-electron chi connectivity index (χ1n) is 4.30. The van der Waals surface area contributed by atoms with Crippen LogP contribution < -0.4 is 0 Å².